The Bertz CT molecular complexity index is 2890. The van der Waals surface area contributed by atoms with E-state index in [2.05, 4.69) is 25.1 Å². The minimum absolute atomic E-state index is 0.00602. The quantitative estimate of drug-likeness (QED) is 0.0525. The Morgan fingerprint density at radius 3 is 2.23 bits per heavy atom. The molecule has 9 rings (SSSR count). The highest BCUT2D eigenvalue weighted by Gasteiger charge is 2.41. The molecule has 376 valence electrons. The van der Waals surface area contributed by atoms with Crippen LogP contribution in [0.2, 0.25) is 0 Å². The third kappa shape index (κ3) is 11.2. The SMILES string of the molecule is O=C1CCC(N2C(=O)c3ccc(N4CCN(CCOCCOCCOCCOc5ccc(-c6cnc7[nH]cc(C(=O)c8c(F)ccc(NS(=O)(=O)N9CC[C@@H](F)C9)c8F)c7c6)cc5)CC4)cc3C2=O)CN1. The molecule has 0 bridgehead atoms. The van der Waals surface area contributed by atoms with Crippen molar-refractivity contribution in [1.82, 2.24) is 29.4 Å². The predicted molar refractivity (Wildman–Crippen MR) is 255 cm³/mol. The van der Waals surface area contributed by atoms with Crippen LogP contribution in [0.1, 0.15) is 55.9 Å². The minimum atomic E-state index is -4.36. The largest absolute Gasteiger partial charge is 0.491 e. The van der Waals surface area contributed by atoms with E-state index in [9.17, 15) is 32.0 Å². The molecule has 3 fully saturated rings. The van der Waals surface area contributed by atoms with Crippen LogP contribution < -0.4 is 19.7 Å². The number of anilines is 2. The number of piperidine rings is 1. The summed E-state index contributed by atoms with van der Waals surface area (Å²) >= 11 is 0. The summed E-state index contributed by atoms with van der Waals surface area (Å²) in [5, 5.41) is 3.05. The first-order valence-electron chi connectivity index (χ1n) is 23.5. The van der Waals surface area contributed by atoms with Gasteiger partial charge in [0.2, 0.25) is 11.7 Å². The van der Waals surface area contributed by atoms with Crippen LogP contribution in [0.4, 0.5) is 24.5 Å². The number of amides is 3. The second-order valence-corrected chi connectivity index (χ2v) is 19.2. The number of benzene rings is 3. The summed E-state index contributed by atoms with van der Waals surface area (Å²) in [5.74, 6) is -3.70. The molecule has 0 spiro atoms. The molecule has 0 saturated carbocycles. The molecule has 3 amide bonds. The van der Waals surface area contributed by atoms with Gasteiger partial charge in [0.15, 0.2) is 5.82 Å². The van der Waals surface area contributed by atoms with Gasteiger partial charge in [-0.3, -0.25) is 33.7 Å². The fraction of sp³-hybridized carbons (Fsp3) is 0.408. The lowest BCUT2D eigenvalue weighted by molar-refractivity contribution is -0.123. The molecule has 3 aromatic carbocycles. The van der Waals surface area contributed by atoms with Crippen molar-refractivity contribution in [3.8, 4) is 16.9 Å². The van der Waals surface area contributed by atoms with Crippen molar-refractivity contribution in [2.45, 2.75) is 31.5 Å². The lowest BCUT2D eigenvalue weighted by Gasteiger charge is -2.36. The average Bonchev–Trinajstić information content (AvgIpc) is 4.08. The van der Waals surface area contributed by atoms with Crippen molar-refractivity contribution in [3.63, 3.8) is 0 Å². The van der Waals surface area contributed by atoms with Crippen LogP contribution in [0.15, 0.2) is 73.1 Å². The third-order valence-electron chi connectivity index (χ3n) is 13.0. The second-order valence-electron chi connectivity index (χ2n) is 17.5. The van der Waals surface area contributed by atoms with Gasteiger partial charge in [-0.05, 0) is 66.9 Å². The molecule has 5 aromatic rings. The van der Waals surface area contributed by atoms with Gasteiger partial charge in [0.05, 0.1) is 68.1 Å². The molecule has 0 radical (unpaired) electrons. The maximum atomic E-state index is 15.7. The molecule has 6 heterocycles. The number of carbonyl (C=O) groups is 4. The zero-order valence-corrected chi connectivity index (χ0v) is 39.5. The van der Waals surface area contributed by atoms with Gasteiger partial charge in [0.25, 0.3) is 11.8 Å². The first kappa shape index (κ1) is 49.5. The maximum Gasteiger partial charge on any atom is 0.301 e. The molecule has 2 atom stereocenters. The topological polar surface area (TPSA) is 205 Å². The molecule has 3 saturated heterocycles. The number of halogens is 3. The van der Waals surface area contributed by atoms with Crippen LogP contribution in [0.25, 0.3) is 22.2 Å². The predicted octanol–water partition coefficient (Wildman–Crippen LogP) is 4.57. The van der Waals surface area contributed by atoms with Crippen molar-refractivity contribution in [1.29, 1.82) is 0 Å². The molecule has 2 aromatic heterocycles. The number of aromatic amines is 1. The number of aromatic nitrogens is 2. The van der Waals surface area contributed by atoms with Crippen molar-refractivity contribution in [2.24, 2.45) is 0 Å². The van der Waals surface area contributed by atoms with E-state index < -0.39 is 51.6 Å². The summed E-state index contributed by atoms with van der Waals surface area (Å²) in [6.45, 7) is 6.61. The molecular formula is C49H53F3N8O10S. The highest BCUT2D eigenvalue weighted by Crippen LogP contribution is 2.33. The third-order valence-corrected chi connectivity index (χ3v) is 14.5. The van der Waals surface area contributed by atoms with Crippen LogP contribution in [0.3, 0.4) is 0 Å². The summed E-state index contributed by atoms with van der Waals surface area (Å²) in [5.41, 5.74) is 1.68. The Balaban J connectivity index is 0.645. The Kier molecular flexibility index (Phi) is 15.3. The van der Waals surface area contributed by atoms with E-state index in [-0.39, 0.29) is 54.2 Å². The van der Waals surface area contributed by atoms with Crippen LogP contribution in [-0.2, 0) is 29.2 Å². The zero-order chi connectivity index (χ0) is 49.6. The van der Waals surface area contributed by atoms with Gasteiger partial charge in [-0.2, -0.15) is 12.7 Å². The smallest absolute Gasteiger partial charge is 0.301 e. The van der Waals surface area contributed by atoms with Crippen LogP contribution in [-0.4, -0.2) is 167 Å². The number of hydrogen-bond acceptors (Lipinski definition) is 13. The first-order chi connectivity index (χ1) is 34.3. The molecule has 4 aliphatic heterocycles. The van der Waals surface area contributed by atoms with E-state index in [1.54, 1.807) is 42.6 Å². The number of imide groups is 1. The van der Waals surface area contributed by atoms with Crippen LogP contribution >= 0.6 is 0 Å². The number of alkyl halides is 1. The van der Waals surface area contributed by atoms with Gasteiger partial charge in [0, 0.05) is 93.4 Å². The number of hydrogen-bond donors (Lipinski definition) is 3. The van der Waals surface area contributed by atoms with E-state index in [1.807, 2.05) is 16.9 Å². The van der Waals surface area contributed by atoms with Crippen LogP contribution in [0, 0.1) is 11.6 Å². The minimum Gasteiger partial charge on any atom is -0.491 e. The highest BCUT2D eigenvalue weighted by molar-refractivity contribution is 7.90. The summed E-state index contributed by atoms with van der Waals surface area (Å²) < 4.78 is 95.7. The summed E-state index contributed by atoms with van der Waals surface area (Å²) in [7, 11) is -4.36. The normalized spacial score (nSPS) is 18.9. The number of H-pyrrole nitrogens is 1. The number of piperazine rings is 1. The fourth-order valence-electron chi connectivity index (χ4n) is 9.08. The standard InChI is InChI=1S/C49H53F3N8O10S/c50-33-11-12-59(30-33)71(65,66)56-42-9-8-41(51)44(45(42)52)46(62)40-29-55-47-38(40)25-32(27-54-47)31-1-5-36(6-2-31)70-24-23-69-22-21-68-20-19-67-18-17-57-13-15-58(16-14-57)34-3-7-37-39(26-34)49(64)60(48(37)63)35-4-10-43(61)53-28-35/h1-3,5-9,25-27,29,33,35,56H,4,10-24,28,30H2,(H,53,61)(H,54,55)/t33-,35?/m1/s1. The van der Waals surface area contributed by atoms with Crippen molar-refractivity contribution in [2.75, 3.05) is 108 Å². The van der Waals surface area contributed by atoms with E-state index >= 15 is 8.78 Å². The van der Waals surface area contributed by atoms with Crippen molar-refractivity contribution < 1.29 is 59.7 Å². The van der Waals surface area contributed by atoms with Gasteiger partial charge in [-0.25, -0.2) is 18.2 Å². The van der Waals surface area contributed by atoms with Crippen molar-refractivity contribution in [3.05, 3.63) is 107 Å². The number of nitrogens with one attached hydrogen (secondary N) is 3. The van der Waals surface area contributed by atoms with Crippen molar-refractivity contribution >= 4 is 56.1 Å². The number of rotatable bonds is 21. The van der Waals surface area contributed by atoms with E-state index in [0.717, 1.165) is 60.4 Å². The number of ether oxygens (including phenoxy) is 4. The monoisotopic (exact) mass is 1000 g/mol. The Morgan fingerprint density at radius 1 is 0.803 bits per heavy atom. The molecule has 0 aliphatic carbocycles. The molecular weight excluding hydrogens is 950 g/mol. The van der Waals surface area contributed by atoms with E-state index in [4.69, 9.17) is 18.9 Å². The second kappa shape index (κ2) is 21.9. The Labute approximate surface area is 407 Å². The molecule has 18 nitrogen and oxygen atoms in total. The van der Waals surface area contributed by atoms with E-state index in [0.29, 0.717) is 87.2 Å². The van der Waals surface area contributed by atoms with Gasteiger partial charge >= 0.3 is 10.2 Å². The molecule has 22 heteroatoms. The van der Waals surface area contributed by atoms with Gasteiger partial charge in [0.1, 0.15) is 30.0 Å². The summed E-state index contributed by atoms with van der Waals surface area (Å²) in [4.78, 5) is 64.6. The number of nitrogens with zero attached hydrogens (tertiary/aromatic N) is 5. The van der Waals surface area contributed by atoms with Crippen LogP contribution in [0.5, 0.6) is 5.75 Å². The molecule has 1 unspecified atom stereocenters. The number of carbonyl (C=O) groups excluding carboxylic acids is 4. The van der Waals surface area contributed by atoms with Gasteiger partial charge < -0.3 is 34.1 Å². The highest BCUT2D eigenvalue weighted by atomic mass is 32.2. The number of fused-ring (bicyclic) bond motifs is 2. The summed E-state index contributed by atoms with van der Waals surface area (Å²) in [6.07, 6.45) is 2.27. The maximum absolute atomic E-state index is 15.7. The number of pyridine rings is 1. The summed E-state index contributed by atoms with van der Waals surface area (Å²) in [6, 6.07) is 15.6. The fourth-order valence-corrected chi connectivity index (χ4v) is 10.3. The zero-order valence-electron chi connectivity index (χ0n) is 38.7. The lowest BCUT2D eigenvalue weighted by atomic mass is 10.00. The number of ketones is 1. The molecule has 4 aliphatic rings. The Morgan fingerprint density at radius 2 is 1.52 bits per heavy atom. The van der Waals surface area contributed by atoms with E-state index in [1.165, 1.54) is 11.1 Å². The van der Waals surface area contributed by atoms with Gasteiger partial charge in [-0.1, -0.05) is 12.1 Å². The van der Waals surface area contributed by atoms with Gasteiger partial charge in [-0.15, -0.1) is 0 Å². The first-order valence-corrected chi connectivity index (χ1v) is 24.9. The lowest BCUT2D eigenvalue weighted by Crippen LogP contribution is -2.50. The molecule has 71 heavy (non-hydrogen) atoms. The average molecular weight is 1000 g/mol. The Hall–Kier alpha value is -6.43. The molecule has 3 N–H and O–H groups in total.